The lowest BCUT2D eigenvalue weighted by Crippen LogP contribution is -2.35. The second kappa shape index (κ2) is 10.6. The number of ether oxygens (including phenoxy) is 2. The Morgan fingerprint density at radius 2 is 1.92 bits per heavy atom. The van der Waals surface area contributed by atoms with Gasteiger partial charge in [0.05, 0.1) is 12.7 Å². The van der Waals surface area contributed by atoms with Crippen LogP contribution in [-0.4, -0.2) is 37.8 Å². The predicted molar refractivity (Wildman–Crippen MR) is 95.7 cm³/mol. The van der Waals surface area contributed by atoms with Crippen molar-refractivity contribution in [2.24, 2.45) is 0 Å². The average molecular weight is 348 g/mol. The van der Waals surface area contributed by atoms with Gasteiger partial charge in [-0.3, -0.25) is 4.79 Å². The van der Waals surface area contributed by atoms with Gasteiger partial charge in [-0.05, 0) is 56.7 Å². The second-order valence-electron chi connectivity index (χ2n) is 6.17. The Hall–Kier alpha value is -2.24. The zero-order valence-corrected chi connectivity index (χ0v) is 14.9. The summed E-state index contributed by atoms with van der Waals surface area (Å²) in [7, 11) is 0. The minimum absolute atomic E-state index is 0.0345. The molecule has 1 fully saturated rings. The number of nitrogens with one attached hydrogen (secondary N) is 2. The summed E-state index contributed by atoms with van der Waals surface area (Å²) in [5.74, 6) is 0.858. The van der Waals surface area contributed by atoms with E-state index in [1.54, 1.807) is 6.92 Å². The zero-order valence-electron chi connectivity index (χ0n) is 14.9. The van der Waals surface area contributed by atoms with Gasteiger partial charge in [-0.1, -0.05) is 12.1 Å². The molecule has 2 rings (SSSR count). The van der Waals surface area contributed by atoms with Crippen molar-refractivity contribution in [3.05, 3.63) is 29.8 Å². The van der Waals surface area contributed by atoms with Crippen LogP contribution < -0.4 is 15.4 Å². The van der Waals surface area contributed by atoms with Gasteiger partial charge in [0.15, 0.2) is 0 Å². The van der Waals surface area contributed by atoms with Crippen LogP contribution in [0.5, 0.6) is 5.75 Å². The van der Waals surface area contributed by atoms with Crippen molar-refractivity contribution >= 4 is 12.0 Å². The Bertz CT molecular complexity index is 556. The number of rotatable bonds is 9. The Kier molecular flexibility index (Phi) is 8.09. The fourth-order valence-corrected chi connectivity index (χ4v) is 2.87. The van der Waals surface area contributed by atoms with Gasteiger partial charge in [-0.25, -0.2) is 4.79 Å². The molecule has 0 unspecified atom stereocenters. The Morgan fingerprint density at radius 3 is 2.68 bits per heavy atom. The lowest BCUT2D eigenvalue weighted by Gasteiger charge is -2.13. The molecule has 0 radical (unpaired) electrons. The number of amides is 2. The molecule has 0 heterocycles. The van der Waals surface area contributed by atoms with Gasteiger partial charge < -0.3 is 20.1 Å². The van der Waals surface area contributed by atoms with Crippen LogP contribution in [0.1, 0.15) is 44.6 Å². The predicted octanol–water partition coefficient (Wildman–Crippen LogP) is 2.80. The molecular formula is C19H28N2O4. The van der Waals surface area contributed by atoms with Gasteiger partial charge in [-0.15, -0.1) is 0 Å². The molecule has 1 aliphatic rings. The van der Waals surface area contributed by atoms with Gasteiger partial charge in [0.25, 0.3) is 0 Å². The highest BCUT2D eigenvalue weighted by Crippen LogP contribution is 2.24. The summed E-state index contributed by atoms with van der Waals surface area (Å²) in [6.45, 7) is 2.83. The lowest BCUT2D eigenvalue weighted by atomic mass is 10.1. The third-order valence-corrected chi connectivity index (χ3v) is 4.14. The zero-order chi connectivity index (χ0) is 17.9. The Labute approximate surface area is 149 Å². The SMILES string of the molecule is CCOC(=O)NCCNC(=O)CCc1cccc(OC2CCCC2)c1. The first-order chi connectivity index (χ1) is 12.2. The fourth-order valence-electron chi connectivity index (χ4n) is 2.87. The molecule has 1 aliphatic carbocycles. The molecular weight excluding hydrogens is 320 g/mol. The van der Waals surface area contributed by atoms with Crippen LogP contribution in [-0.2, 0) is 16.0 Å². The first-order valence-electron chi connectivity index (χ1n) is 9.10. The van der Waals surface area contributed by atoms with Crippen molar-refractivity contribution in [1.82, 2.24) is 10.6 Å². The van der Waals surface area contributed by atoms with E-state index in [0.29, 0.717) is 38.6 Å². The maximum Gasteiger partial charge on any atom is 0.407 e. The van der Waals surface area contributed by atoms with E-state index in [-0.39, 0.29) is 5.91 Å². The van der Waals surface area contributed by atoms with Crippen LogP contribution >= 0.6 is 0 Å². The molecule has 2 amide bonds. The second-order valence-corrected chi connectivity index (χ2v) is 6.17. The first-order valence-corrected chi connectivity index (χ1v) is 9.10. The topological polar surface area (TPSA) is 76.7 Å². The van der Waals surface area contributed by atoms with E-state index < -0.39 is 6.09 Å². The highest BCUT2D eigenvalue weighted by Gasteiger charge is 2.16. The van der Waals surface area contributed by atoms with Gasteiger partial charge in [0.2, 0.25) is 5.91 Å². The van der Waals surface area contributed by atoms with Crippen LogP contribution in [0.4, 0.5) is 4.79 Å². The summed E-state index contributed by atoms with van der Waals surface area (Å²) in [6, 6.07) is 7.98. The van der Waals surface area contributed by atoms with E-state index in [4.69, 9.17) is 9.47 Å². The summed E-state index contributed by atoms with van der Waals surface area (Å²) >= 11 is 0. The molecule has 1 aromatic carbocycles. The Morgan fingerprint density at radius 1 is 1.16 bits per heavy atom. The molecule has 1 aromatic rings. The van der Waals surface area contributed by atoms with E-state index in [2.05, 4.69) is 10.6 Å². The van der Waals surface area contributed by atoms with Gasteiger partial charge in [0.1, 0.15) is 5.75 Å². The Balaban J connectivity index is 1.64. The van der Waals surface area contributed by atoms with E-state index in [9.17, 15) is 9.59 Å². The quantitative estimate of drug-likeness (QED) is 0.673. The standard InChI is InChI=1S/C19H28N2O4/c1-2-24-19(23)21-13-12-20-18(22)11-10-15-6-5-9-17(14-15)25-16-7-3-4-8-16/h5-6,9,14,16H,2-4,7-8,10-13H2,1H3,(H,20,22)(H,21,23). The highest BCUT2D eigenvalue weighted by atomic mass is 16.5. The van der Waals surface area contributed by atoms with Crippen molar-refractivity contribution in [3.63, 3.8) is 0 Å². The van der Waals surface area contributed by atoms with Crippen molar-refractivity contribution < 1.29 is 19.1 Å². The molecule has 0 bridgehead atoms. The van der Waals surface area contributed by atoms with E-state index in [1.165, 1.54) is 12.8 Å². The summed E-state index contributed by atoms with van der Waals surface area (Å²) in [4.78, 5) is 23.0. The lowest BCUT2D eigenvalue weighted by molar-refractivity contribution is -0.121. The van der Waals surface area contributed by atoms with E-state index in [0.717, 1.165) is 24.2 Å². The van der Waals surface area contributed by atoms with Crippen molar-refractivity contribution in [3.8, 4) is 5.75 Å². The third kappa shape index (κ3) is 7.45. The van der Waals surface area contributed by atoms with Crippen molar-refractivity contribution in [1.29, 1.82) is 0 Å². The maximum atomic E-state index is 11.9. The van der Waals surface area contributed by atoms with Crippen LogP contribution in [0.15, 0.2) is 24.3 Å². The highest BCUT2D eigenvalue weighted by molar-refractivity contribution is 5.76. The first kappa shape index (κ1) is 19.1. The molecule has 6 nitrogen and oxygen atoms in total. The van der Waals surface area contributed by atoms with Crippen LogP contribution in [0, 0.1) is 0 Å². The maximum absolute atomic E-state index is 11.9. The fraction of sp³-hybridized carbons (Fsp3) is 0.579. The molecule has 25 heavy (non-hydrogen) atoms. The van der Waals surface area contributed by atoms with Gasteiger partial charge >= 0.3 is 6.09 Å². The molecule has 0 saturated heterocycles. The minimum Gasteiger partial charge on any atom is -0.490 e. The molecule has 6 heteroatoms. The monoisotopic (exact) mass is 348 g/mol. The summed E-state index contributed by atoms with van der Waals surface area (Å²) in [6.07, 6.45) is 5.70. The molecule has 138 valence electrons. The van der Waals surface area contributed by atoms with E-state index >= 15 is 0 Å². The molecule has 2 N–H and O–H groups in total. The largest absolute Gasteiger partial charge is 0.490 e. The van der Waals surface area contributed by atoms with Crippen molar-refractivity contribution in [2.75, 3.05) is 19.7 Å². The molecule has 0 aromatic heterocycles. The number of aryl methyl sites for hydroxylation is 1. The molecule has 0 spiro atoms. The van der Waals surface area contributed by atoms with E-state index in [1.807, 2.05) is 24.3 Å². The summed E-state index contributed by atoms with van der Waals surface area (Å²) in [5.41, 5.74) is 1.09. The number of alkyl carbamates (subject to hydrolysis) is 1. The average Bonchev–Trinajstić information content (AvgIpc) is 3.10. The molecule has 1 saturated carbocycles. The van der Waals surface area contributed by atoms with Gasteiger partial charge in [0, 0.05) is 19.5 Å². The van der Waals surface area contributed by atoms with Crippen LogP contribution in [0.2, 0.25) is 0 Å². The normalized spacial score (nSPS) is 14.1. The third-order valence-electron chi connectivity index (χ3n) is 4.14. The molecule has 0 aliphatic heterocycles. The number of hydrogen-bond acceptors (Lipinski definition) is 4. The number of carbonyl (C=O) groups is 2. The summed E-state index contributed by atoms with van der Waals surface area (Å²) < 4.78 is 10.7. The minimum atomic E-state index is -0.462. The summed E-state index contributed by atoms with van der Waals surface area (Å²) in [5, 5.41) is 5.35. The van der Waals surface area contributed by atoms with Gasteiger partial charge in [-0.2, -0.15) is 0 Å². The van der Waals surface area contributed by atoms with Crippen molar-refractivity contribution in [2.45, 2.75) is 51.6 Å². The molecule has 0 atom stereocenters. The number of carbonyl (C=O) groups excluding carboxylic acids is 2. The smallest absolute Gasteiger partial charge is 0.407 e. The number of benzene rings is 1. The number of hydrogen-bond donors (Lipinski definition) is 2. The van der Waals surface area contributed by atoms with Crippen LogP contribution in [0.3, 0.4) is 0 Å². The van der Waals surface area contributed by atoms with Crippen LogP contribution in [0.25, 0.3) is 0 Å².